The van der Waals surface area contributed by atoms with Gasteiger partial charge in [-0.05, 0) is 19.9 Å². The molecular formula is C18H22FN3OS. The summed E-state index contributed by atoms with van der Waals surface area (Å²) >= 11 is 1.57. The number of benzene rings is 1. The maximum absolute atomic E-state index is 13.9. The van der Waals surface area contributed by atoms with E-state index in [1.54, 1.807) is 17.4 Å². The fraction of sp³-hybridized carbons (Fsp3) is 0.444. The van der Waals surface area contributed by atoms with Crippen LogP contribution in [0.5, 0.6) is 0 Å². The van der Waals surface area contributed by atoms with Gasteiger partial charge in [-0.3, -0.25) is 9.69 Å². The number of carbonyl (C=O) groups excluding carboxylic acids is 1. The summed E-state index contributed by atoms with van der Waals surface area (Å²) in [6, 6.07) is 6.93. The van der Waals surface area contributed by atoms with Crippen molar-refractivity contribution < 1.29 is 9.18 Å². The van der Waals surface area contributed by atoms with Gasteiger partial charge in [0.05, 0.1) is 17.1 Å². The lowest BCUT2D eigenvalue weighted by Crippen LogP contribution is -2.49. The summed E-state index contributed by atoms with van der Waals surface area (Å²) in [6.07, 6.45) is 0.368. The summed E-state index contributed by atoms with van der Waals surface area (Å²) in [5, 5.41) is 2.94. The molecule has 1 fully saturated rings. The predicted molar refractivity (Wildman–Crippen MR) is 93.5 cm³/mol. The Bertz CT molecular complexity index is 710. The van der Waals surface area contributed by atoms with E-state index in [2.05, 4.69) is 9.88 Å². The summed E-state index contributed by atoms with van der Waals surface area (Å²) in [4.78, 5) is 20.9. The molecule has 0 N–H and O–H groups in total. The van der Waals surface area contributed by atoms with Crippen molar-refractivity contribution >= 4 is 17.2 Å². The Morgan fingerprint density at radius 3 is 2.62 bits per heavy atom. The van der Waals surface area contributed by atoms with Crippen molar-refractivity contribution in [1.82, 2.24) is 14.8 Å². The molecule has 1 saturated heterocycles. The van der Waals surface area contributed by atoms with E-state index >= 15 is 0 Å². The van der Waals surface area contributed by atoms with Crippen LogP contribution in [0.2, 0.25) is 0 Å². The van der Waals surface area contributed by atoms with Crippen LogP contribution in [-0.2, 0) is 11.2 Å². The Kier molecular flexibility index (Phi) is 5.26. The third-order valence-corrected chi connectivity index (χ3v) is 5.39. The summed E-state index contributed by atoms with van der Waals surface area (Å²) in [6.45, 7) is 6.85. The second kappa shape index (κ2) is 7.40. The average Bonchev–Trinajstić information content (AvgIpc) is 2.99. The van der Waals surface area contributed by atoms with Crippen LogP contribution >= 0.6 is 11.3 Å². The third-order valence-electron chi connectivity index (χ3n) is 4.57. The van der Waals surface area contributed by atoms with Gasteiger partial charge in [-0.15, -0.1) is 11.3 Å². The van der Waals surface area contributed by atoms with Crippen LogP contribution in [0.1, 0.15) is 29.2 Å². The molecule has 1 aromatic carbocycles. The highest BCUT2D eigenvalue weighted by molar-refractivity contribution is 7.09. The SMILES string of the molecule is Cc1nc(CC(=O)N2CCN(C(C)c3ccccc3F)CC2)cs1. The van der Waals surface area contributed by atoms with Gasteiger partial charge >= 0.3 is 0 Å². The Labute approximate surface area is 145 Å². The monoisotopic (exact) mass is 347 g/mol. The van der Waals surface area contributed by atoms with E-state index in [0.29, 0.717) is 19.5 Å². The van der Waals surface area contributed by atoms with Gasteiger partial charge in [0.1, 0.15) is 5.82 Å². The molecule has 4 nitrogen and oxygen atoms in total. The van der Waals surface area contributed by atoms with Gasteiger partial charge in [0.2, 0.25) is 5.91 Å². The number of carbonyl (C=O) groups is 1. The summed E-state index contributed by atoms with van der Waals surface area (Å²) in [5.41, 5.74) is 1.57. The third kappa shape index (κ3) is 3.82. The van der Waals surface area contributed by atoms with Crippen molar-refractivity contribution in [3.8, 4) is 0 Å². The zero-order valence-corrected chi connectivity index (χ0v) is 14.9. The van der Waals surface area contributed by atoms with Crippen LogP contribution in [0.4, 0.5) is 4.39 Å². The lowest BCUT2D eigenvalue weighted by molar-refractivity contribution is -0.132. The van der Waals surface area contributed by atoms with Crippen molar-refractivity contribution in [2.45, 2.75) is 26.3 Å². The van der Waals surface area contributed by atoms with Gasteiger partial charge in [0, 0.05) is 43.2 Å². The fourth-order valence-corrected chi connectivity index (χ4v) is 3.74. The fourth-order valence-electron chi connectivity index (χ4n) is 3.13. The number of nitrogens with zero attached hydrogens (tertiary/aromatic N) is 3. The molecule has 1 amide bonds. The molecule has 0 radical (unpaired) electrons. The zero-order chi connectivity index (χ0) is 17.1. The number of rotatable bonds is 4. The number of amides is 1. The molecule has 1 aliphatic rings. The number of piperazine rings is 1. The highest BCUT2D eigenvalue weighted by atomic mass is 32.1. The largest absolute Gasteiger partial charge is 0.340 e. The van der Waals surface area contributed by atoms with Crippen LogP contribution in [-0.4, -0.2) is 46.9 Å². The van der Waals surface area contributed by atoms with Crippen molar-refractivity contribution in [2.75, 3.05) is 26.2 Å². The molecule has 128 valence electrons. The highest BCUT2D eigenvalue weighted by Gasteiger charge is 2.26. The second-order valence-electron chi connectivity index (χ2n) is 6.15. The molecular weight excluding hydrogens is 325 g/mol. The Balaban J connectivity index is 1.55. The number of aromatic nitrogens is 1. The quantitative estimate of drug-likeness (QED) is 0.853. The van der Waals surface area contributed by atoms with E-state index in [1.165, 1.54) is 6.07 Å². The topological polar surface area (TPSA) is 36.4 Å². The molecule has 0 saturated carbocycles. The number of aryl methyl sites for hydroxylation is 1. The van der Waals surface area contributed by atoms with E-state index in [9.17, 15) is 9.18 Å². The molecule has 0 bridgehead atoms. The zero-order valence-electron chi connectivity index (χ0n) is 14.0. The minimum absolute atomic E-state index is 0.0182. The first-order valence-electron chi connectivity index (χ1n) is 8.22. The smallest absolute Gasteiger partial charge is 0.228 e. The van der Waals surface area contributed by atoms with Crippen LogP contribution < -0.4 is 0 Å². The Morgan fingerprint density at radius 2 is 2.00 bits per heavy atom. The van der Waals surface area contributed by atoms with Crippen molar-refractivity contribution in [3.05, 3.63) is 51.7 Å². The number of hydrogen-bond acceptors (Lipinski definition) is 4. The van der Waals surface area contributed by atoms with E-state index in [-0.39, 0.29) is 17.8 Å². The lowest BCUT2D eigenvalue weighted by atomic mass is 10.1. The van der Waals surface area contributed by atoms with Crippen LogP contribution in [0, 0.1) is 12.7 Å². The normalized spacial score (nSPS) is 17.0. The van der Waals surface area contributed by atoms with Crippen molar-refractivity contribution in [2.24, 2.45) is 0 Å². The molecule has 1 aliphatic heterocycles. The lowest BCUT2D eigenvalue weighted by Gasteiger charge is -2.38. The van der Waals surface area contributed by atoms with Crippen LogP contribution in [0.15, 0.2) is 29.6 Å². The average molecular weight is 347 g/mol. The molecule has 24 heavy (non-hydrogen) atoms. The van der Waals surface area contributed by atoms with Crippen molar-refractivity contribution in [3.63, 3.8) is 0 Å². The standard InChI is InChI=1S/C18H22FN3OS/c1-13(16-5-3-4-6-17(16)19)21-7-9-22(10-8-21)18(23)11-15-12-24-14(2)20-15/h3-6,12-13H,7-11H2,1-2H3. The first kappa shape index (κ1) is 17.0. The number of halogens is 1. The molecule has 6 heteroatoms. The molecule has 0 aliphatic carbocycles. The predicted octanol–water partition coefficient (Wildman–Crippen LogP) is 3.04. The van der Waals surface area contributed by atoms with Crippen LogP contribution in [0.3, 0.4) is 0 Å². The molecule has 2 heterocycles. The maximum Gasteiger partial charge on any atom is 0.228 e. The van der Waals surface area contributed by atoms with Crippen molar-refractivity contribution in [1.29, 1.82) is 0 Å². The molecule has 3 rings (SSSR count). The van der Waals surface area contributed by atoms with Gasteiger partial charge in [0.15, 0.2) is 0 Å². The summed E-state index contributed by atoms with van der Waals surface area (Å²) in [7, 11) is 0. The Morgan fingerprint density at radius 1 is 1.29 bits per heavy atom. The summed E-state index contributed by atoms with van der Waals surface area (Å²) < 4.78 is 13.9. The second-order valence-corrected chi connectivity index (χ2v) is 7.21. The van der Waals surface area contributed by atoms with E-state index in [1.807, 2.05) is 36.3 Å². The molecule has 1 atom stereocenters. The number of hydrogen-bond donors (Lipinski definition) is 0. The van der Waals surface area contributed by atoms with Gasteiger partial charge in [-0.1, -0.05) is 18.2 Å². The molecule has 1 unspecified atom stereocenters. The van der Waals surface area contributed by atoms with E-state index in [0.717, 1.165) is 29.4 Å². The molecule has 2 aromatic rings. The van der Waals surface area contributed by atoms with Gasteiger partial charge in [0.25, 0.3) is 0 Å². The first-order valence-corrected chi connectivity index (χ1v) is 9.10. The minimum atomic E-state index is -0.164. The van der Waals surface area contributed by atoms with Gasteiger partial charge in [-0.2, -0.15) is 0 Å². The molecule has 1 aromatic heterocycles. The molecule has 0 spiro atoms. The Hall–Kier alpha value is -1.79. The van der Waals surface area contributed by atoms with E-state index < -0.39 is 0 Å². The number of thiazole rings is 1. The first-order chi connectivity index (χ1) is 11.5. The van der Waals surface area contributed by atoms with Crippen LogP contribution in [0.25, 0.3) is 0 Å². The summed E-state index contributed by atoms with van der Waals surface area (Å²) in [5.74, 6) is -0.0408. The van der Waals surface area contributed by atoms with E-state index in [4.69, 9.17) is 0 Å². The van der Waals surface area contributed by atoms with Gasteiger partial charge in [-0.25, -0.2) is 9.37 Å². The highest BCUT2D eigenvalue weighted by Crippen LogP contribution is 2.24. The maximum atomic E-state index is 13.9. The minimum Gasteiger partial charge on any atom is -0.340 e. The van der Waals surface area contributed by atoms with Gasteiger partial charge < -0.3 is 4.90 Å².